The molecular formula is C8H14O2. The second-order valence-corrected chi connectivity index (χ2v) is 3.89. The molecule has 0 bridgehead atoms. The summed E-state index contributed by atoms with van der Waals surface area (Å²) >= 11 is 0. The maximum Gasteiger partial charge on any atom is 0.126 e. The third kappa shape index (κ3) is 0.870. The highest BCUT2D eigenvalue weighted by atomic mass is 16.5. The summed E-state index contributed by atoms with van der Waals surface area (Å²) in [7, 11) is 0. The molecule has 0 aromatic rings. The fourth-order valence-corrected chi connectivity index (χ4v) is 0.923. The average molecular weight is 142 g/mol. The van der Waals surface area contributed by atoms with Gasteiger partial charge >= 0.3 is 0 Å². The lowest BCUT2D eigenvalue weighted by atomic mass is 9.66. The largest absolute Gasteiger partial charge is 0.380 e. The van der Waals surface area contributed by atoms with E-state index in [4.69, 9.17) is 4.74 Å². The molecule has 10 heavy (non-hydrogen) atoms. The van der Waals surface area contributed by atoms with Crippen molar-refractivity contribution in [3.8, 4) is 0 Å². The smallest absolute Gasteiger partial charge is 0.126 e. The van der Waals surface area contributed by atoms with E-state index >= 15 is 0 Å². The summed E-state index contributed by atoms with van der Waals surface area (Å²) in [5, 5.41) is 0. The monoisotopic (exact) mass is 142 g/mol. The van der Waals surface area contributed by atoms with Crippen molar-refractivity contribution in [2.45, 2.75) is 20.8 Å². The van der Waals surface area contributed by atoms with Gasteiger partial charge in [0.25, 0.3) is 0 Å². The van der Waals surface area contributed by atoms with Crippen LogP contribution < -0.4 is 0 Å². The van der Waals surface area contributed by atoms with Gasteiger partial charge in [-0.1, -0.05) is 20.8 Å². The number of hydrogen-bond acceptors (Lipinski definition) is 2. The fraction of sp³-hybridized carbons (Fsp3) is 0.875. The molecule has 1 saturated heterocycles. The molecule has 2 heteroatoms. The van der Waals surface area contributed by atoms with Gasteiger partial charge in [0, 0.05) is 10.8 Å². The summed E-state index contributed by atoms with van der Waals surface area (Å²) in [5.74, 6) is 0. The first-order chi connectivity index (χ1) is 4.52. The number of carbonyl (C=O) groups excluding carboxylic acids is 1. The topological polar surface area (TPSA) is 26.3 Å². The SMILES string of the molecule is CC(C)(C=O)C1(C)COC1. The van der Waals surface area contributed by atoms with E-state index in [0.29, 0.717) is 0 Å². The highest BCUT2D eigenvalue weighted by Crippen LogP contribution is 2.42. The lowest BCUT2D eigenvalue weighted by Gasteiger charge is -2.47. The van der Waals surface area contributed by atoms with Crippen molar-refractivity contribution in [2.24, 2.45) is 10.8 Å². The Morgan fingerprint density at radius 2 is 2.00 bits per heavy atom. The summed E-state index contributed by atoms with van der Waals surface area (Å²) in [4.78, 5) is 10.6. The van der Waals surface area contributed by atoms with Crippen LogP contribution in [0.4, 0.5) is 0 Å². The quantitative estimate of drug-likeness (QED) is 0.542. The summed E-state index contributed by atoms with van der Waals surface area (Å²) in [6.45, 7) is 7.45. The zero-order valence-electron chi connectivity index (χ0n) is 6.81. The predicted molar refractivity (Wildman–Crippen MR) is 38.8 cm³/mol. The van der Waals surface area contributed by atoms with Crippen molar-refractivity contribution in [1.29, 1.82) is 0 Å². The van der Waals surface area contributed by atoms with Gasteiger partial charge in [-0.25, -0.2) is 0 Å². The number of aldehydes is 1. The molecule has 0 aromatic carbocycles. The van der Waals surface area contributed by atoms with Gasteiger partial charge in [-0.05, 0) is 0 Å². The third-order valence-electron chi connectivity index (χ3n) is 2.69. The number of ether oxygens (including phenoxy) is 1. The summed E-state index contributed by atoms with van der Waals surface area (Å²) in [5.41, 5.74) is -0.153. The molecule has 2 nitrogen and oxygen atoms in total. The molecule has 1 aliphatic rings. The Labute approximate surface area is 61.6 Å². The van der Waals surface area contributed by atoms with Crippen molar-refractivity contribution < 1.29 is 9.53 Å². The Hall–Kier alpha value is -0.370. The maximum absolute atomic E-state index is 10.6. The maximum atomic E-state index is 10.6. The second-order valence-electron chi connectivity index (χ2n) is 3.89. The Morgan fingerprint density at radius 1 is 1.50 bits per heavy atom. The van der Waals surface area contributed by atoms with Crippen LogP contribution in [-0.2, 0) is 9.53 Å². The molecule has 1 aliphatic heterocycles. The van der Waals surface area contributed by atoms with Crippen molar-refractivity contribution >= 4 is 6.29 Å². The molecule has 0 amide bonds. The Bertz CT molecular complexity index is 145. The van der Waals surface area contributed by atoms with E-state index in [9.17, 15) is 4.79 Å². The molecule has 0 aliphatic carbocycles. The molecule has 0 unspecified atom stereocenters. The predicted octanol–water partition coefficient (Wildman–Crippen LogP) is 1.25. The molecule has 0 atom stereocenters. The van der Waals surface area contributed by atoms with Crippen molar-refractivity contribution in [1.82, 2.24) is 0 Å². The standard InChI is InChI=1S/C8H14O2/c1-7(2,4-9)8(3)5-10-6-8/h4H,5-6H2,1-3H3. The van der Waals surface area contributed by atoms with Gasteiger partial charge in [0.05, 0.1) is 13.2 Å². The first-order valence-electron chi connectivity index (χ1n) is 3.56. The normalized spacial score (nSPS) is 23.5. The first kappa shape index (κ1) is 7.73. The van der Waals surface area contributed by atoms with Crippen LogP contribution in [0.3, 0.4) is 0 Å². The first-order valence-corrected chi connectivity index (χ1v) is 3.56. The number of hydrogen-bond donors (Lipinski definition) is 0. The van der Waals surface area contributed by atoms with E-state index < -0.39 is 0 Å². The second kappa shape index (κ2) is 2.06. The van der Waals surface area contributed by atoms with Crippen LogP contribution in [0.1, 0.15) is 20.8 Å². The number of rotatable bonds is 2. The lowest BCUT2D eigenvalue weighted by Crippen LogP contribution is -2.51. The lowest BCUT2D eigenvalue weighted by molar-refractivity contribution is -0.167. The molecule has 0 spiro atoms. The van der Waals surface area contributed by atoms with Gasteiger partial charge < -0.3 is 9.53 Å². The van der Waals surface area contributed by atoms with Crippen molar-refractivity contribution in [2.75, 3.05) is 13.2 Å². The van der Waals surface area contributed by atoms with Crippen LogP contribution in [0.15, 0.2) is 0 Å². The average Bonchev–Trinajstić information content (AvgIpc) is 1.82. The Balaban J connectivity index is 2.70. The minimum absolute atomic E-state index is 0.0781. The molecule has 1 rings (SSSR count). The van der Waals surface area contributed by atoms with Gasteiger partial charge in [0.15, 0.2) is 0 Å². The van der Waals surface area contributed by atoms with Crippen molar-refractivity contribution in [3.05, 3.63) is 0 Å². The molecular weight excluding hydrogens is 128 g/mol. The Morgan fingerprint density at radius 3 is 2.10 bits per heavy atom. The van der Waals surface area contributed by atoms with E-state index in [2.05, 4.69) is 6.92 Å². The van der Waals surface area contributed by atoms with Crippen LogP contribution in [-0.4, -0.2) is 19.5 Å². The molecule has 0 radical (unpaired) electrons. The summed E-state index contributed by atoms with van der Waals surface area (Å²) in [6.07, 6.45) is 1.02. The molecule has 1 heterocycles. The van der Waals surface area contributed by atoms with E-state index in [0.717, 1.165) is 19.5 Å². The number of carbonyl (C=O) groups is 1. The van der Waals surface area contributed by atoms with Crippen LogP contribution in [0.25, 0.3) is 0 Å². The zero-order valence-corrected chi connectivity index (χ0v) is 6.81. The van der Waals surface area contributed by atoms with Gasteiger partial charge in [0.2, 0.25) is 0 Å². The van der Waals surface area contributed by atoms with Gasteiger partial charge in [-0.3, -0.25) is 0 Å². The highest BCUT2D eigenvalue weighted by Gasteiger charge is 2.46. The molecule has 0 N–H and O–H groups in total. The zero-order chi connectivity index (χ0) is 7.83. The van der Waals surface area contributed by atoms with Crippen LogP contribution in [0, 0.1) is 10.8 Å². The molecule has 0 aromatic heterocycles. The van der Waals surface area contributed by atoms with E-state index in [1.165, 1.54) is 0 Å². The summed E-state index contributed by atoms with van der Waals surface area (Å²) in [6, 6.07) is 0. The van der Waals surface area contributed by atoms with Crippen LogP contribution in [0.5, 0.6) is 0 Å². The minimum Gasteiger partial charge on any atom is -0.380 e. The fourth-order valence-electron chi connectivity index (χ4n) is 0.923. The molecule has 0 saturated carbocycles. The van der Waals surface area contributed by atoms with Crippen molar-refractivity contribution in [3.63, 3.8) is 0 Å². The highest BCUT2D eigenvalue weighted by molar-refractivity contribution is 5.60. The van der Waals surface area contributed by atoms with Gasteiger partial charge in [0.1, 0.15) is 6.29 Å². The van der Waals surface area contributed by atoms with Crippen LogP contribution >= 0.6 is 0 Å². The molecule has 58 valence electrons. The minimum atomic E-state index is -0.231. The van der Waals surface area contributed by atoms with E-state index in [1.807, 2.05) is 13.8 Å². The van der Waals surface area contributed by atoms with Gasteiger partial charge in [-0.2, -0.15) is 0 Å². The van der Waals surface area contributed by atoms with Crippen LogP contribution in [0.2, 0.25) is 0 Å². The van der Waals surface area contributed by atoms with Gasteiger partial charge in [-0.15, -0.1) is 0 Å². The Kier molecular flexibility index (Phi) is 1.59. The molecule has 1 fully saturated rings. The van der Waals surface area contributed by atoms with E-state index in [-0.39, 0.29) is 10.8 Å². The third-order valence-corrected chi connectivity index (χ3v) is 2.69. The van der Waals surface area contributed by atoms with E-state index in [1.54, 1.807) is 0 Å². The summed E-state index contributed by atoms with van der Waals surface area (Å²) < 4.78 is 5.07.